The van der Waals surface area contributed by atoms with Gasteiger partial charge in [-0.15, -0.1) is 0 Å². The molecule has 0 saturated carbocycles. The summed E-state index contributed by atoms with van der Waals surface area (Å²) < 4.78 is 0. The third-order valence-corrected chi connectivity index (χ3v) is 5.61. The average Bonchev–Trinajstić information content (AvgIpc) is 2.79. The van der Waals surface area contributed by atoms with Crippen molar-refractivity contribution in [1.29, 1.82) is 0 Å². The predicted octanol–water partition coefficient (Wildman–Crippen LogP) is 4.45. The first-order valence-corrected chi connectivity index (χ1v) is 10.7. The van der Waals surface area contributed by atoms with E-state index in [0.29, 0.717) is 53.3 Å². The number of rotatable bonds is 2. The second kappa shape index (κ2) is 9.38. The van der Waals surface area contributed by atoms with Gasteiger partial charge in [0.15, 0.2) is 0 Å². The van der Waals surface area contributed by atoms with Gasteiger partial charge in [-0.1, -0.05) is 41.3 Å². The molecule has 0 radical (unpaired) electrons. The molecule has 2 aromatic heterocycles. The van der Waals surface area contributed by atoms with Crippen molar-refractivity contribution in [3.63, 3.8) is 0 Å². The monoisotopic (exact) mass is 450 g/mol. The summed E-state index contributed by atoms with van der Waals surface area (Å²) in [6.07, 6.45) is 3.29. The fraction of sp³-hybridized carbons (Fsp3) is 0.208. The van der Waals surface area contributed by atoms with Gasteiger partial charge in [-0.25, -0.2) is 9.97 Å². The number of anilines is 1. The average molecular weight is 451 g/mol. The Morgan fingerprint density at radius 2 is 1.81 bits per heavy atom. The van der Waals surface area contributed by atoms with Gasteiger partial charge in [-0.3, -0.25) is 4.79 Å². The molecule has 156 valence electrons. The fourth-order valence-electron chi connectivity index (χ4n) is 3.40. The lowest BCUT2D eigenvalue weighted by atomic mass is 10.0. The van der Waals surface area contributed by atoms with E-state index in [0.717, 1.165) is 11.1 Å². The molecule has 1 aliphatic heterocycles. The van der Waals surface area contributed by atoms with E-state index >= 15 is 0 Å². The van der Waals surface area contributed by atoms with Gasteiger partial charge in [0.25, 0.3) is 5.91 Å². The van der Waals surface area contributed by atoms with E-state index in [1.54, 1.807) is 18.5 Å². The molecule has 7 heteroatoms. The van der Waals surface area contributed by atoms with Crippen molar-refractivity contribution in [2.75, 3.05) is 31.1 Å². The molecular weight excluding hydrogens is 431 g/mol. The zero-order chi connectivity index (χ0) is 21.8. The number of amides is 1. The van der Waals surface area contributed by atoms with E-state index in [2.05, 4.69) is 26.7 Å². The number of aryl methyl sites for hydroxylation is 1. The Morgan fingerprint density at radius 3 is 2.52 bits per heavy atom. The topological polar surface area (TPSA) is 49.3 Å². The van der Waals surface area contributed by atoms with Crippen LogP contribution in [0.2, 0.25) is 10.0 Å². The number of carbonyl (C=O) groups is 1. The Balaban J connectivity index is 1.46. The number of hydrogen-bond donors (Lipinski definition) is 0. The first-order valence-electron chi connectivity index (χ1n) is 9.90. The predicted molar refractivity (Wildman–Crippen MR) is 124 cm³/mol. The largest absolute Gasteiger partial charge is 0.352 e. The maximum atomic E-state index is 13.1. The summed E-state index contributed by atoms with van der Waals surface area (Å²) >= 11 is 12.2. The van der Waals surface area contributed by atoms with Gasteiger partial charge in [0.1, 0.15) is 11.5 Å². The summed E-state index contributed by atoms with van der Waals surface area (Å²) in [5.74, 6) is 6.89. The molecule has 3 aromatic rings. The van der Waals surface area contributed by atoms with Gasteiger partial charge in [-0.2, -0.15) is 0 Å². The minimum Gasteiger partial charge on any atom is -0.352 e. The molecule has 0 unspecified atom stereocenters. The van der Waals surface area contributed by atoms with E-state index in [1.807, 2.05) is 48.2 Å². The maximum Gasteiger partial charge on any atom is 0.254 e. The molecule has 3 heterocycles. The molecule has 0 spiro atoms. The molecule has 1 saturated heterocycles. The van der Waals surface area contributed by atoms with E-state index in [1.165, 1.54) is 0 Å². The van der Waals surface area contributed by atoms with Crippen molar-refractivity contribution in [3.05, 3.63) is 87.3 Å². The molecular formula is C24H20Cl2N4O. The minimum absolute atomic E-state index is 0.00398. The SMILES string of the molecule is Cc1ccc(C(=O)N2CCN(c3ncc(Cl)cc3Cl)CC2)cc1C#Cc1ccccn1. The molecule has 0 N–H and O–H groups in total. The van der Waals surface area contributed by atoms with Crippen molar-refractivity contribution in [2.45, 2.75) is 6.92 Å². The van der Waals surface area contributed by atoms with Crippen molar-refractivity contribution < 1.29 is 4.79 Å². The molecule has 1 amide bonds. The van der Waals surface area contributed by atoms with E-state index in [-0.39, 0.29) is 5.91 Å². The van der Waals surface area contributed by atoms with E-state index < -0.39 is 0 Å². The summed E-state index contributed by atoms with van der Waals surface area (Å²) in [4.78, 5) is 25.6. The third-order valence-electron chi connectivity index (χ3n) is 5.13. The Kier molecular flexibility index (Phi) is 6.41. The summed E-state index contributed by atoms with van der Waals surface area (Å²) in [5.41, 5.74) is 3.18. The van der Waals surface area contributed by atoms with Crippen molar-refractivity contribution in [2.24, 2.45) is 0 Å². The smallest absolute Gasteiger partial charge is 0.254 e. The highest BCUT2D eigenvalue weighted by Crippen LogP contribution is 2.27. The van der Waals surface area contributed by atoms with Gasteiger partial charge >= 0.3 is 0 Å². The highest BCUT2D eigenvalue weighted by molar-refractivity contribution is 6.36. The lowest BCUT2D eigenvalue weighted by Crippen LogP contribution is -2.49. The second-order valence-electron chi connectivity index (χ2n) is 7.23. The lowest BCUT2D eigenvalue weighted by molar-refractivity contribution is 0.0746. The standard InChI is InChI=1S/C24H20Cl2N4O/c1-17-5-6-19(14-18(17)7-8-21-4-2-3-9-27-21)24(31)30-12-10-29(11-13-30)23-22(26)15-20(25)16-28-23/h2-6,9,14-16H,10-13H2,1H3. The molecule has 0 atom stereocenters. The van der Waals surface area contributed by atoms with Gasteiger partial charge in [-0.05, 0) is 48.7 Å². The van der Waals surface area contributed by atoms with Crippen LogP contribution in [0, 0.1) is 18.8 Å². The number of pyridine rings is 2. The molecule has 1 aromatic carbocycles. The molecule has 31 heavy (non-hydrogen) atoms. The summed E-state index contributed by atoms with van der Waals surface area (Å²) in [7, 11) is 0. The normalized spacial score (nSPS) is 13.5. The first kappa shape index (κ1) is 21.2. The Labute approximate surface area is 191 Å². The summed E-state index contributed by atoms with van der Waals surface area (Å²) in [5, 5.41) is 1.02. The molecule has 4 rings (SSSR count). The summed E-state index contributed by atoms with van der Waals surface area (Å²) in [6.45, 7) is 4.46. The number of aromatic nitrogens is 2. The van der Waals surface area contributed by atoms with Crippen molar-refractivity contribution >= 4 is 34.9 Å². The quantitative estimate of drug-likeness (QED) is 0.541. The minimum atomic E-state index is -0.00398. The molecule has 0 bridgehead atoms. The molecule has 0 aliphatic carbocycles. The van der Waals surface area contributed by atoms with Crippen LogP contribution in [0.25, 0.3) is 0 Å². The Hall–Kier alpha value is -3.07. The van der Waals surface area contributed by atoms with Crippen molar-refractivity contribution in [3.8, 4) is 11.8 Å². The number of benzene rings is 1. The van der Waals surface area contributed by atoms with Crippen LogP contribution in [0.1, 0.15) is 27.2 Å². The van der Waals surface area contributed by atoms with Crippen LogP contribution in [0.4, 0.5) is 5.82 Å². The van der Waals surface area contributed by atoms with Gasteiger partial charge in [0.05, 0.1) is 10.0 Å². The van der Waals surface area contributed by atoms with Crippen LogP contribution in [-0.2, 0) is 0 Å². The van der Waals surface area contributed by atoms with Crippen LogP contribution in [0.3, 0.4) is 0 Å². The summed E-state index contributed by atoms with van der Waals surface area (Å²) in [6, 6.07) is 12.9. The molecule has 1 fully saturated rings. The van der Waals surface area contributed by atoms with E-state index in [9.17, 15) is 4.79 Å². The molecule has 5 nitrogen and oxygen atoms in total. The van der Waals surface area contributed by atoms with Crippen LogP contribution < -0.4 is 4.90 Å². The van der Waals surface area contributed by atoms with Crippen LogP contribution in [0.5, 0.6) is 0 Å². The van der Waals surface area contributed by atoms with Crippen LogP contribution in [0.15, 0.2) is 54.9 Å². The highest BCUT2D eigenvalue weighted by Gasteiger charge is 2.24. The lowest BCUT2D eigenvalue weighted by Gasteiger charge is -2.35. The second-order valence-corrected chi connectivity index (χ2v) is 8.08. The number of carbonyl (C=O) groups excluding carboxylic acids is 1. The maximum absolute atomic E-state index is 13.1. The van der Waals surface area contributed by atoms with E-state index in [4.69, 9.17) is 23.2 Å². The zero-order valence-electron chi connectivity index (χ0n) is 17.0. The first-order chi connectivity index (χ1) is 15.0. The fourth-order valence-corrected chi connectivity index (χ4v) is 3.90. The Morgan fingerprint density at radius 1 is 1.00 bits per heavy atom. The number of hydrogen-bond acceptors (Lipinski definition) is 4. The third kappa shape index (κ3) is 4.99. The van der Waals surface area contributed by atoms with Crippen LogP contribution >= 0.6 is 23.2 Å². The number of halogens is 2. The number of piperazine rings is 1. The highest BCUT2D eigenvalue weighted by atomic mass is 35.5. The molecule has 1 aliphatic rings. The van der Waals surface area contributed by atoms with Gasteiger partial charge in [0, 0.05) is 49.7 Å². The number of nitrogens with zero attached hydrogens (tertiary/aromatic N) is 4. The van der Waals surface area contributed by atoms with Crippen molar-refractivity contribution in [1.82, 2.24) is 14.9 Å². The van der Waals surface area contributed by atoms with Gasteiger partial charge < -0.3 is 9.80 Å². The van der Waals surface area contributed by atoms with Gasteiger partial charge in [0.2, 0.25) is 0 Å². The Bertz CT molecular complexity index is 1160. The zero-order valence-corrected chi connectivity index (χ0v) is 18.5. The van der Waals surface area contributed by atoms with Crippen LogP contribution in [-0.4, -0.2) is 47.0 Å².